The van der Waals surface area contributed by atoms with Gasteiger partial charge in [0.2, 0.25) is 27.6 Å². The molecule has 47 heavy (non-hydrogen) atoms. The van der Waals surface area contributed by atoms with E-state index in [2.05, 4.69) is 20.3 Å². The molecule has 8 N–H and O–H groups in total. The Balaban J connectivity index is 2.18. The Morgan fingerprint density at radius 3 is 2.26 bits per heavy atom. The molecule has 0 saturated carbocycles. The summed E-state index contributed by atoms with van der Waals surface area (Å²) in [5.41, 5.74) is 11.7. The van der Waals surface area contributed by atoms with Crippen molar-refractivity contribution in [3.63, 3.8) is 0 Å². The van der Waals surface area contributed by atoms with E-state index >= 15 is 0 Å². The van der Waals surface area contributed by atoms with Crippen LogP contribution in [-0.2, 0) is 50.9 Å². The third kappa shape index (κ3) is 14.3. The lowest BCUT2D eigenvalue weighted by Gasteiger charge is -2.25. The van der Waals surface area contributed by atoms with Crippen molar-refractivity contribution in [2.75, 3.05) is 33.3 Å². The molecule has 2 aromatic rings. The van der Waals surface area contributed by atoms with Crippen LogP contribution in [0.1, 0.15) is 30.9 Å². The molecule has 0 aliphatic carbocycles. The Bertz CT molecular complexity index is 1510. The highest BCUT2D eigenvalue weighted by Gasteiger charge is 2.31. The second-order valence-corrected chi connectivity index (χ2v) is 12.2. The van der Waals surface area contributed by atoms with Gasteiger partial charge >= 0.3 is 5.97 Å². The SMILES string of the molecule is CCOC(=O)CNC(=O)C(=O)[C@H](Cc1ccc(O)cc1)NC(=O)CN(C)C(=O)[C@H](CCCN=C(N)N)NS(=O)(=O)Cc1ccccc1. The lowest BCUT2D eigenvalue weighted by atomic mass is 10.0. The molecule has 0 heterocycles. The number of nitrogens with two attached hydrogens (primary N) is 2. The van der Waals surface area contributed by atoms with E-state index in [9.17, 15) is 37.5 Å². The number of ketones is 1. The minimum Gasteiger partial charge on any atom is -0.508 e. The molecule has 2 atom stereocenters. The highest BCUT2D eigenvalue weighted by molar-refractivity contribution is 7.88. The van der Waals surface area contributed by atoms with Crippen molar-refractivity contribution in [2.45, 2.75) is 44.0 Å². The third-order valence-corrected chi connectivity index (χ3v) is 7.83. The number of likely N-dealkylation sites (N-methyl/N-ethyl adjacent to an activating group) is 1. The first-order valence-electron chi connectivity index (χ1n) is 14.6. The van der Waals surface area contributed by atoms with Crippen LogP contribution >= 0.6 is 0 Å². The van der Waals surface area contributed by atoms with Gasteiger partial charge in [0, 0.05) is 20.0 Å². The van der Waals surface area contributed by atoms with Gasteiger partial charge in [-0.1, -0.05) is 42.5 Å². The van der Waals surface area contributed by atoms with Crippen molar-refractivity contribution in [3.05, 3.63) is 65.7 Å². The third-order valence-electron chi connectivity index (χ3n) is 6.47. The number of sulfonamides is 1. The fourth-order valence-corrected chi connectivity index (χ4v) is 5.64. The zero-order chi connectivity index (χ0) is 35.0. The number of nitrogens with one attached hydrogen (secondary N) is 3. The van der Waals surface area contributed by atoms with E-state index < -0.39 is 70.4 Å². The number of carbonyl (C=O) groups is 5. The number of esters is 1. The van der Waals surface area contributed by atoms with Gasteiger partial charge in [0.05, 0.1) is 18.9 Å². The molecule has 0 spiro atoms. The fourth-order valence-electron chi connectivity index (χ4n) is 4.27. The maximum absolute atomic E-state index is 13.4. The minimum absolute atomic E-state index is 0.00179. The number of benzene rings is 2. The highest BCUT2D eigenvalue weighted by Crippen LogP contribution is 2.13. The van der Waals surface area contributed by atoms with Gasteiger partial charge in [-0.15, -0.1) is 0 Å². The smallest absolute Gasteiger partial charge is 0.325 e. The minimum atomic E-state index is -4.01. The van der Waals surface area contributed by atoms with Gasteiger partial charge in [0.25, 0.3) is 5.91 Å². The van der Waals surface area contributed by atoms with Crippen LogP contribution in [0.2, 0.25) is 0 Å². The summed E-state index contributed by atoms with van der Waals surface area (Å²) in [4.78, 5) is 68.6. The largest absolute Gasteiger partial charge is 0.508 e. The van der Waals surface area contributed by atoms with Crippen LogP contribution in [0.15, 0.2) is 59.6 Å². The lowest BCUT2D eigenvalue weighted by molar-refractivity contribution is -0.145. The summed E-state index contributed by atoms with van der Waals surface area (Å²) in [5.74, 6) is -5.17. The number of amides is 3. The van der Waals surface area contributed by atoms with Crippen LogP contribution in [-0.4, -0.2) is 99.2 Å². The molecule has 0 radical (unpaired) electrons. The molecule has 256 valence electrons. The Kier molecular flexibility index (Phi) is 15.3. The lowest BCUT2D eigenvalue weighted by Crippen LogP contribution is -2.53. The number of aromatic hydroxyl groups is 1. The van der Waals surface area contributed by atoms with Crippen LogP contribution in [0.3, 0.4) is 0 Å². The topological polar surface area (TPSA) is 253 Å². The Hall–Kier alpha value is -5.03. The van der Waals surface area contributed by atoms with E-state index in [0.717, 1.165) is 4.90 Å². The van der Waals surface area contributed by atoms with E-state index in [-0.39, 0.29) is 44.1 Å². The average molecular weight is 676 g/mol. The number of hydrogen-bond donors (Lipinski definition) is 6. The van der Waals surface area contributed by atoms with E-state index in [1.807, 2.05) is 0 Å². The Morgan fingerprint density at radius 2 is 1.64 bits per heavy atom. The van der Waals surface area contributed by atoms with Gasteiger partial charge in [-0.2, -0.15) is 0 Å². The number of Topliss-reactive ketones (excluding diaryl/α,β-unsaturated/α-hetero) is 1. The molecular weight excluding hydrogens is 634 g/mol. The summed E-state index contributed by atoms with van der Waals surface area (Å²) in [6.45, 7) is 0.592. The van der Waals surface area contributed by atoms with E-state index in [0.29, 0.717) is 11.1 Å². The number of rotatable bonds is 19. The predicted octanol–water partition coefficient (Wildman–Crippen LogP) is -1.33. The summed E-state index contributed by atoms with van der Waals surface area (Å²) in [6, 6.07) is 11.3. The summed E-state index contributed by atoms with van der Waals surface area (Å²) in [6.07, 6.45) is 0.0621. The van der Waals surface area contributed by atoms with Crippen molar-refractivity contribution >= 4 is 45.5 Å². The van der Waals surface area contributed by atoms with Crippen LogP contribution < -0.4 is 26.8 Å². The Labute approximate surface area is 273 Å². The van der Waals surface area contributed by atoms with Crippen molar-refractivity contribution < 1.29 is 42.2 Å². The molecule has 0 aromatic heterocycles. The number of carbonyl (C=O) groups excluding carboxylic acids is 5. The van der Waals surface area contributed by atoms with Gasteiger partial charge in [-0.3, -0.25) is 29.0 Å². The number of hydrogen-bond acceptors (Lipinski definition) is 10. The number of phenolic OH excluding ortho intramolecular Hbond substituents is 1. The van der Waals surface area contributed by atoms with Gasteiger partial charge in [0.15, 0.2) is 5.96 Å². The van der Waals surface area contributed by atoms with Crippen LogP contribution in [0, 0.1) is 0 Å². The van der Waals surface area contributed by atoms with Gasteiger partial charge < -0.3 is 36.8 Å². The normalized spacial score (nSPS) is 12.2. The molecule has 0 saturated heterocycles. The first-order valence-corrected chi connectivity index (χ1v) is 16.2. The van der Waals surface area contributed by atoms with Gasteiger partial charge in [0.1, 0.15) is 24.4 Å². The molecule has 3 amide bonds. The monoisotopic (exact) mass is 675 g/mol. The van der Waals surface area contributed by atoms with Crippen LogP contribution in [0.5, 0.6) is 5.75 Å². The van der Waals surface area contributed by atoms with Crippen molar-refractivity contribution in [1.29, 1.82) is 0 Å². The quantitative estimate of drug-likeness (QED) is 0.0334. The number of aliphatic imine (C=N–C) groups is 1. The number of ether oxygens (including phenoxy) is 1. The summed E-state index contributed by atoms with van der Waals surface area (Å²) in [5, 5.41) is 14.2. The molecule has 2 aromatic carbocycles. The average Bonchev–Trinajstić information content (AvgIpc) is 3.01. The standard InChI is InChI=1S/C30H41N7O9S/c1-3-46-26(40)17-34-28(42)27(41)24(16-20-11-13-22(38)14-12-20)35-25(39)18-37(2)29(43)23(10-7-15-33-30(31)32)36-47(44,45)19-21-8-5-4-6-9-21/h4-6,8-9,11-14,23-24,36,38H,3,7,10,15-19H2,1-2H3,(H,34,42)(H,35,39)(H4,31,32,33)/t23-,24-/m0/s1. The Morgan fingerprint density at radius 1 is 0.979 bits per heavy atom. The van der Waals surface area contributed by atoms with Gasteiger partial charge in [-0.05, 0) is 43.0 Å². The molecular formula is C30H41N7O9S. The molecule has 0 fully saturated rings. The fraction of sp³-hybridized carbons (Fsp3) is 0.400. The maximum Gasteiger partial charge on any atom is 0.325 e. The molecule has 2 rings (SSSR count). The summed E-state index contributed by atoms with van der Waals surface area (Å²) in [7, 11) is -2.73. The summed E-state index contributed by atoms with van der Waals surface area (Å²) >= 11 is 0. The van der Waals surface area contributed by atoms with Crippen molar-refractivity contribution in [3.8, 4) is 5.75 Å². The highest BCUT2D eigenvalue weighted by atomic mass is 32.2. The predicted molar refractivity (Wildman–Crippen MR) is 172 cm³/mol. The first-order chi connectivity index (χ1) is 22.2. The summed E-state index contributed by atoms with van der Waals surface area (Å²) < 4.78 is 33.1. The second kappa shape index (κ2) is 18.8. The van der Waals surface area contributed by atoms with E-state index in [1.165, 1.54) is 31.3 Å². The first kappa shape index (κ1) is 38.2. The van der Waals surface area contributed by atoms with Crippen LogP contribution in [0.4, 0.5) is 0 Å². The van der Waals surface area contributed by atoms with Crippen molar-refractivity contribution in [1.82, 2.24) is 20.3 Å². The molecule has 17 heteroatoms. The number of guanidine groups is 1. The molecule has 0 aliphatic heterocycles. The van der Waals surface area contributed by atoms with E-state index in [1.54, 1.807) is 37.3 Å². The number of phenols is 1. The van der Waals surface area contributed by atoms with Crippen molar-refractivity contribution in [2.24, 2.45) is 16.5 Å². The van der Waals surface area contributed by atoms with Crippen LogP contribution in [0.25, 0.3) is 0 Å². The zero-order valence-corrected chi connectivity index (χ0v) is 27.0. The molecule has 0 bridgehead atoms. The number of nitrogens with zero attached hydrogens (tertiary/aromatic N) is 2. The maximum atomic E-state index is 13.4. The second-order valence-electron chi connectivity index (χ2n) is 10.4. The van der Waals surface area contributed by atoms with Gasteiger partial charge in [-0.25, -0.2) is 13.1 Å². The van der Waals surface area contributed by atoms with E-state index in [4.69, 9.17) is 16.2 Å². The molecule has 0 unspecified atom stereocenters. The molecule has 0 aliphatic rings. The zero-order valence-electron chi connectivity index (χ0n) is 26.2. The molecule has 16 nitrogen and oxygen atoms in total.